The summed E-state index contributed by atoms with van der Waals surface area (Å²) in [6, 6.07) is 11.3. The first-order valence-corrected chi connectivity index (χ1v) is 6.60. The minimum absolute atomic E-state index is 0.248. The molecular weight excluding hydrogens is 264 g/mol. The van der Waals surface area contributed by atoms with Gasteiger partial charge in [0.1, 0.15) is 0 Å². The maximum Gasteiger partial charge on any atom is 0.271 e. The molecule has 0 fully saturated rings. The van der Waals surface area contributed by atoms with E-state index in [1.807, 2.05) is 50.2 Å². The van der Waals surface area contributed by atoms with Gasteiger partial charge in [-0.05, 0) is 36.8 Å². The van der Waals surface area contributed by atoms with Gasteiger partial charge in [-0.3, -0.25) is 9.78 Å². The van der Waals surface area contributed by atoms with Crippen LogP contribution in [0, 0.1) is 0 Å². The Morgan fingerprint density at radius 2 is 1.67 bits per heavy atom. The molecule has 2 aromatic rings. The number of hydrogen-bond donors (Lipinski definition) is 1. The van der Waals surface area contributed by atoms with E-state index in [9.17, 15) is 4.79 Å². The standard InChI is InChI=1S/C16H18N4O/c1-12(13-4-6-15(7-5-13)20(2)3)18-19-16(21)14-8-10-17-11-9-14/h4-11H,1-3H3,(H,19,21). The van der Waals surface area contributed by atoms with Crippen molar-refractivity contribution < 1.29 is 4.79 Å². The van der Waals surface area contributed by atoms with Crippen LogP contribution >= 0.6 is 0 Å². The van der Waals surface area contributed by atoms with Crippen molar-refractivity contribution in [3.8, 4) is 0 Å². The molecule has 0 aliphatic rings. The Kier molecular flexibility index (Phi) is 4.66. The Morgan fingerprint density at radius 1 is 1.05 bits per heavy atom. The van der Waals surface area contributed by atoms with Crippen LogP contribution < -0.4 is 10.3 Å². The van der Waals surface area contributed by atoms with Crippen molar-refractivity contribution in [3.63, 3.8) is 0 Å². The number of carbonyl (C=O) groups excluding carboxylic acids is 1. The zero-order valence-corrected chi connectivity index (χ0v) is 12.4. The third-order valence-electron chi connectivity index (χ3n) is 3.07. The van der Waals surface area contributed by atoms with E-state index < -0.39 is 0 Å². The third-order valence-corrected chi connectivity index (χ3v) is 3.07. The second-order valence-corrected chi connectivity index (χ2v) is 4.82. The smallest absolute Gasteiger partial charge is 0.271 e. The van der Waals surface area contributed by atoms with E-state index in [4.69, 9.17) is 0 Å². The van der Waals surface area contributed by atoms with Gasteiger partial charge in [0.15, 0.2) is 0 Å². The molecule has 0 atom stereocenters. The van der Waals surface area contributed by atoms with Gasteiger partial charge in [-0.1, -0.05) is 12.1 Å². The molecule has 0 spiro atoms. The maximum absolute atomic E-state index is 11.9. The molecule has 0 bridgehead atoms. The number of nitrogens with one attached hydrogen (secondary N) is 1. The lowest BCUT2D eigenvalue weighted by atomic mass is 10.1. The number of aromatic nitrogens is 1. The molecule has 5 heteroatoms. The second kappa shape index (κ2) is 6.65. The van der Waals surface area contributed by atoms with E-state index >= 15 is 0 Å². The summed E-state index contributed by atoms with van der Waals surface area (Å²) in [7, 11) is 3.98. The summed E-state index contributed by atoms with van der Waals surface area (Å²) in [6.45, 7) is 1.86. The van der Waals surface area contributed by atoms with E-state index in [1.54, 1.807) is 24.5 Å². The summed E-state index contributed by atoms with van der Waals surface area (Å²) < 4.78 is 0. The molecule has 1 N–H and O–H groups in total. The molecule has 0 aliphatic carbocycles. The highest BCUT2D eigenvalue weighted by molar-refractivity contribution is 6.01. The summed E-state index contributed by atoms with van der Waals surface area (Å²) in [4.78, 5) is 17.8. The number of amides is 1. The topological polar surface area (TPSA) is 57.6 Å². The van der Waals surface area contributed by atoms with Crippen molar-refractivity contribution in [2.45, 2.75) is 6.92 Å². The van der Waals surface area contributed by atoms with Crippen LogP contribution in [0.25, 0.3) is 0 Å². The quantitative estimate of drug-likeness (QED) is 0.691. The summed E-state index contributed by atoms with van der Waals surface area (Å²) in [6.07, 6.45) is 3.15. The number of anilines is 1. The van der Waals surface area contributed by atoms with Gasteiger partial charge < -0.3 is 4.90 Å². The summed E-state index contributed by atoms with van der Waals surface area (Å²) >= 11 is 0. The van der Waals surface area contributed by atoms with Gasteiger partial charge in [0.2, 0.25) is 0 Å². The van der Waals surface area contributed by atoms with Crippen molar-refractivity contribution in [3.05, 3.63) is 59.9 Å². The van der Waals surface area contributed by atoms with Crippen LogP contribution in [0.1, 0.15) is 22.8 Å². The Labute approximate surface area is 124 Å². The average Bonchev–Trinajstić information content (AvgIpc) is 2.53. The Hall–Kier alpha value is -2.69. The van der Waals surface area contributed by atoms with Crippen molar-refractivity contribution >= 4 is 17.3 Å². The number of hydrogen-bond acceptors (Lipinski definition) is 4. The van der Waals surface area contributed by atoms with Gasteiger partial charge in [-0.15, -0.1) is 0 Å². The molecule has 108 valence electrons. The van der Waals surface area contributed by atoms with Crippen molar-refractivity contribution in [1.29, 1.82) is 0 Å². The Bertz CT molecular complexity index is 633. The number of pyridine rings is 1. The van der Waals surface area contributed by atoms with E-state index in [0.717, 1.165) is 17.0 Å². The molecule has 0 aliphatic heterocycles. The van der Waals surface area contributed by atoms with E-state index in [0.29, 0.717) is 5.56 Å². The highest BCUT2D eigenvalue weighted by Crippen LogP contribution is 2.12. The fraction of sp³-hybridized carbons (Fsp3) is 0.188. The fourth-order valence-electron chi connectivity index (χ4n) is 1.77. The predicted molar refractivity (Wildman–Crippen MR) is 84.7 cm³/mol. The van der Waals surface area contributed by atoms with Crippen molar-refractivity contribution in [2.75, 3.05) is 19.0 Å². The van der Waals surface area contributed by atoms with Gasteiger partial charge in [-0.2, -0.15) is 5.10 Å². The molecule has 2 rings (SSSR count). The van der Waals surface area contributed by atoms with Gasteiger partial charge in [0.25, 0.3) is 5.91 Å². The zero-order chi connectivity index (χ0) is 15.2. The van der Waals surface area contributed by atoms with Crippen LogP contribution in [0.4, 0.5) is 5.69 Å². The molecule has 0 unspecified atom stereocenters. The molecule has 1 amide bonds. The van der Waals surface area contributed by atoms with Crippen LogP contribution in [0.5, 0.6) is 0 Å². The Morgan fingerprint density at radius 3 is 2.24 bits per heavy atom. The second-order valence-electron chi connectivity index (χ2n) is 4.82. The molecule has 0 saturated heterocycles. The summed E-state index contributed by atoms with van der Waals surface area (Å²) in [5.41, 5.74) is 5.92. The van der Waals surface area contributed by atoms with Gasteiger partial charge >= 0.3 is 0 Å². The normalized spacial score (nSPS) is 11.1. The first-order chi connectivity index (χ1) is 10.1. The third kappa shape index (κ3) is 3.89. The maximum atomic E-state index is 11.9. The number of nitrogens with zero attached hydrogens (tertiary/aromatic N) is 3. The lowest BCUT2D eigenvalue weighted by molar-refractivity contribution is 0.0954. The fourth-order valence-corrected chi connectivity index (χ4v) is 1.77. The lowest BCUT2D eigenvalue weighted by Gasteiger charge is -2.12. The summed E-state index contributed by atoms with van der Waals surface area (Å²) in [5, 5.41) is 4.13. The molecule has 0 saturated carbocycles. The molecule has 0 radical (unpaired) electrons. The molecular formula is C16H18N4O. The minimum Gasteiger partial charge on any atom is -0.378 e. The molecule has 1 aromatic carbocycles. The van der Waals surface area contributed by atoms with Crippen LogP contribution in [0.15, 0.2) is 53.9 Å². The van der Waals surface area contributed by atoms with E-state index in [1.165, 1.54) is 0 Å². The largest absolute Gasteiger partial charge is 0.378 e. The number of hydrazone groups is 1. The van der Waals surface area contributed by atoms with Crippen LogP contribution in [-0.4, -0.2) is 30.7 Å². The lowest BCUT2D eigenvalue weighted by Crippen LogP contribution is -2.19. The molecule has 1 aromatic heterocycles. The molecule has 5 nitrogen and oxygen atoms in total. The Balaban J connectivity index is 2.05. The number of rotatable bonds is 4. The highest BCUT2D eigenvalue weighted by atomic mass is 16.2. The number of benzene rings is 1. The zero-order valence-electron chi connectivity index (χ0n) is 12.4. The monoisotopic (exact) mass is 282 g/mol. The van der Waals surface area contributed by atoms with Gasteiger partial charge in [-0.25, -0.2) is 5.43 Å². The minimum atomic E-state index is -0.248. The van der Waals surface area contributed by atoms with Crippen molar-refractivity contribution in [1.82, 2.24) is 10.4 Å². The summed E-state index contributed by atoms with van der Waals surface area (Å²) in [5.74, 6) is -0.248. The number of carbonyl (C=O) groups is 1. The van der Waals surface area contributed by atoms with Gasteiger partial charge in [0, 0.05) is 37.7 Å². The van der Waals surface area contributed by atoms with Crippen LogP contribution in [0.3, 0.4) is 0 Å². The van der Waals surface area contributed by atoms with E-state index in [2.05, 4.69) is 15.5 Å². The van der Waals surface area contributed by atoms with Crippen LogP contribution in [-0.2, 0) is 0 Å². The molecule has 21 heavy (non-hydrogen) atoms. The first-order valence-electron chi connectivity index (χ1n) is 6.60. The van der Waals surface area contributed by atoms with E-state index in [-0.39, 0.29) is 5.91 Å². The average molecular weight is 282 g/mol. The molecule has 1 heterocycles. The van der Waals surface area contributed by atoms with Gasteiger partial charge in [0.05, 0.1) is 5.71 Å². The van der Waals surface area contributed by atoms with Crippen LogP contribution in [0.2, 0.25) is 0 Å². The SMILES string of the molecule is CC(=NNC(=O)c1ccncc1)c1ccc(N(C)C)cc1. The predicted octanol–water partition coefficient (Wildman–Crippen LogP) is 2.30. The van der Waals surface area contributed by atoms with Crippen molar-refractivity contribution in [2.24, 2.45) is 5.10 Å². The first kappa shape index (κ1) is 14.7. The highest BCUT2D eigenvalue weighted by Gasteiger charge is 2.04.